The third kappa shape index (κ3) is 2.08. The van der Waals surface area contributed by atoms with Crippen molar-refractivity contribution in [2.45, 2.75) is 0 Å². The average molecular weight is 227 g/mol. The molecule has 0 spiro atoms. The van der Waals surface area contributed by atoms with Gasteiger partial charge in [0, 0.05) is 13.2 Å². The SMILES string of the molecule is CN(c1cccnc1)c1cccc(F)c1C#N. The highest BCUT2D eigenvalue weighted by Gasteiger charge is 2.12. The van der Waals surface area contributed by atoms with Gasteiger partial charge in [0.2, 0.25) is 0 Å². The molecule has 2 rings (SSSR count). The first-order valence-electron chi connectivity index (χ1n) is 5.06. The summed E-state index contributed by atoms with van der Waals surface area (Å²) in [4.78, 5) is 5.72. The number of anilines is 2. The number of nitrogens with zero attached hydrogens (tertiary/aromatic N) is 3. The van der Waals surface area contributed by atoms with Crippen LogP contribution in [0.3, 0.4) is 0 Å². The van der Waals surface area contributed by atoms with Crippen molar-refractivity contribution < 1.29 is 4.39 Å². The number of nitriles is 1. The quantitative estimate of drug-likeness (QED) is 0.792. The summed E-state index contributed by atoms with van der Waals surface area (Å²) in [6, 6.07) is 10.1. The monoisotopic (exact) mass is 227 g/mol. The summed E-state index contributed by atoms with van der Waals surface area (Å²) < 4.78 is 13.5. The molecule has 1 heterocycles. The van der Waals surface area contributed by atoms with Crippen molar-refractivity contribution >= 4 is 11.4 Å². The fraction of sp³-hybridized carbons (Fsp3) is 0.0769. The molecule has 0 aliphatic rings. The Kier molecular flexibility index (Phi) is 3.01. The molecule has 0 amide bonds. The molecule has 1 aromatic heterocycles. The van der Waals surface area contributed by atoms with Crippen LogP contribution in [-0.2, 0) is 0 Å². The first-order valence-corrected chi connectivity index (χ1v) is 5.06. The van der Waals surface area contributed by atoms with Crippen LogP contribution in [-0.4, -0.2) is 12.0 Å². The van der Waals surface area contributed by atoms with E-state index in [0.29, 0.717) is 5.69 Å². The molecule has 0 atom stereocenters. The normalized spacial score (nSPS) is 9.71. The number of hydrogen-bond donors (Lipinski definition) is 0. The summed E-state index contributed by atoms with van der Waals surface area (Å²) in [5.41, 5.74) is 1.37. The maximum absolute atomic E-state index is 13.5. The van der Waals surface area contributed by atoms with Gasteiger partial charge in [-0.25, -0.2) is 4.39 Å². The van der Waals surface area contributed by atoms with Crippen LogP contribution < -0.4 is 4.90 Å². The van der Waals surface area contributed by atoms with E-state index in [-0.39, 0.29) is 5.56 Å². The maximum Gasteiger partial charge on any atom is 0.143 e. The first kappa shape index (κ1) is 11.1. The lowest BCUT2D eigenvalue weighted by Gasteiger charge is -2.20. The Morgan fingerprint density at radius 2 is 2.12 bits per heavy atom. The second-order valence-corrected chi connectivity index (χ2v) is 3.52. The molecule has 0 saturated carbocycles. The number of pyridine rings is 1. The van der Waals surface area contributed by atoms with Gasteiger partial charge in [-0.2, -0.15) is 5.26 Å². The molecule has 0 aliphatic carbocycles. The van der Waals surface area contributed by atoms with Gasteiger partial charge >= 0.3 is 0 Å². The second kappa shape index (κ2) is 4.62. The Bertz CT molecular complexity index is 561. The van der Waals surface area contributed by atoms with E-state index < -0.39 is 5.82 Å². The molecule has 2 aromatic rings. The first-order chi connectivity index (χ1) is 8.24. The molecule has 0 aliphatic heterocycles. The van der Waals surface area contributed by atoms with Gasteiger partial charge in [-0.05, 0) is 24.3 Å². The number of aromatic nitrogens is 1. The molecular formula is C13H10FN3. The predicted molar refractivity (Wildman–Crippen MR) is 63.4 cm³/mol. The zero-order chi connectivity index (χ0) is 12.3. The van der Waals surface area contributed by atoms with E-state index in [9.17, 15) is 4.39 Å². The van der Waals surface area contributed by atoms with E-state index in [1.165, 1.54) is 6.07 Å². The van der Waals surface area contributed by atoms with Crippen molar-refractivity contribution in [3.63, 3.8) is 0 Å². The van der Waals surface area contributed by atoms with Gasteiger partial charge in [0.15, 0.2) is 0 Å². The highest BCUT2D eigenvalue weighted by Crippen LogP contribution is 2.27. The van der Waals surface area contributed by atoms with Crippen LogP contribution in [0.4, 0.5) is 15.8 Å². The molecule has 0 radical (unpaired) electrons. The summed E-state index contributed by atoms with van der Waals surface area (Å²) in [6.07, 6.45) is 3.32. The molecule has 17 heavy (non-hydrogen) atoms. The zero-order valence-electron chi connectivity index (χ0n) is 9.26. The molecular weight excluding hydrogens is 217 g/mol. The minimum atomic E-state index is -0.513. The minimum absolute atomic E-state index is 0.0406. The number of rotatable bonds is 2. The topological polar surface area (TPSA) is 39.9 Å². The van der Waals surface area contributed by atoms with Crippen molar-refractivity contribution in [1.29, 1.82) is 5.26 Å². The molecule has 0 fully saturated rings. The predicted octanol–water partition coefficient (Wildman–Crippen LogP) is 2.86. The molecule has 84 valence electrons. The maximum atomic E-state index is 13.5. The smallest absolute Gasteiger partial charge is 0.143 e. The van der Waals surface area contributed by atoms with Crippen LogP contribution in [0, 0.1) is 17.1 Å². The highest BCUT2D eigenvalue weighted by atomic mass is 19.1. The molecule has 0 bridgehead atoms. The van der Waals surface area contributed by atoms with E-state index in [0.717, 1.165) is 5.69 Å². The van der Waals surface area contributed by atoms with Crippen LogP contribution >= 0.6 is 0 Å². The van der Waals surface area contributed by atoms with E-state index in [1.807, 2.05) is 12.1 Å². The number of hydrogen-bond acceptors (Lipinski definition) is 3. The summed E-state index contributed by atoms with van der Waals surface area (Å²) >= 11 is 0. The largest absolute Gasteiger partial charge is 0.342 e. The van der Waals surface area contributed by atoms with Crippen molar-refractivity contribution in [1.82, 2.24) is 4.98 Å². The minimum Gasteiger partial charge on any atom is -0.342 e. The van der Waals surface area contributed by atoms with Crippen molar-refractivity contribution in [3.05, 3.63) is 54.1 Å². The van der Waals surface area contributed by atoms with Gasteiger partial charge in [-0.1, -0.05) is 6.07 Å². The lowest BCUT2D eigenvalue weighted by atomic mass is 10.1. The van der Waals surface area contributed by atoms with Crippen LogP contribution in [0.2, 0.25) is 0 Å². The third-order valence-corrected chi connectivity index (χ3v) is 2.50. The highest BCUT2D eigenvalue weighted by molar-refractivity contribution is 5.68. The van der Waals surface area contributed by atoms with E-state index in [1.54, 1.807) is 42.5 Å². The van der Waals surface area contributed by atoms with Gasteiger partial charge in [0.1, 0.15) is 17.4 Å². The fourth-order valence-corrected chi connectivity index (χ4v) is 1.59. The second-order valence-electron chi connectivity index (χ2n) is 3.52. The Morgan fingerprint density at radius 3 is 2.76 bits per heavy atom. The molecule has 3 nitrogen and oxygen atoms in total. The summed E-state index contributed by atoms with van der Waals surface area (Å²) in [5.74, 6) is -0.513. The van der Waals surface area contributed by atoms with Crippen molar-refractivity contribution in [2.24, 2.45) is 0 Å². The van der Waals surface area contributed by atoms with Crippen LogP contribution in [0.5, 0.6) is 0 Å². The van der Waals surface area contributed by atoms with Gasteiger partial charge < -0.3 is 4.90 Å². The number of benzene rings is 1. The lowest BCUT2D eigenvalue weighted by Crippen LogP contribution is -2.11. The summed E-state index contributed by atoms with van der Waals surface area (Å²) in [7, 11) is 1.77. The third-order valence-electron chi connectivity index (χ3n) is 2.50. The molecule has 0 N–H and O–H groups in total. The Labute approximate surface area is 98.8 Å². The summed E-state index contributed by atoms with van der Waals surface area (Å²) in [6.45, 7) is 0. The van der Waals surface area contributed by atoms with Gasteiger partial charge in [-0.3, -0.25) is 4.98 Å². The molecule has 0 unspecified atom stereocenters. The van der Waals surface area contributed by atoms with Crippen molar-refractivity contribution in [2.75, 3.05) is 11.9 Å². The number of halogens is 1. The van der Waals surface area contributed by atoms with Crippen LogP contribution in [0.1, 0.15) is 5.56 Å². The van der Waals surface area contributed by atoms with Crippen LogP contribution in [0.15, 0.2) is 42.7 Å². The Balaban J connectivity index is 2.49. The average Bonchev–Trinajstić information content (AvgIpc) is 2.38. The Morgan fingerprint density at radius 1 is 1.29 bits per heavy atom. The Hall–Kier alpha value is -2.41. The lowest BCUT2D eigenvalue weighted by molar-refractivity contribution is 0.624. The van der Waals surface area contributed by atoms with Crippen LogP contribution in [0.25, 0.3) is 0 Å². The van der Waals surface area contributed by atoms with Gasteiger partial charge in [0.25, 0.3) is 0 Å². The standard InChI is InChI=1S/C13H10FN3/c1-17(10-4-3-7-16-9-10)13-6-2-5-12(14)11(13)8-15/h2-7,9H,1H3. The van der Waals surface area contributed by atoms with Gasteiger partial charge in [-0.15, -0.1) is 0 Å². The molecule has 1 aromatic carbocycles. The summed E-state index contributed by atoms with van der Waals surface area (Å²) in [5, 5.41) is 8.96. The zero-order valence-corrected chi connectivity index (χ0v) is 9.26. The van der Waals surface area contributed by atoms with E-state index in [2.05, 4.69) is 4.98 Å². The van der Waals surface area contributed by atoms with E-state index in [4.69, 9.17) is 5.26 Å². The van der Waals surface area contributed by atoms with Crippen molar-refractivity contribution in [3.8, 4) is 6.07 Å². The van der Waals surface area contributed by atoms with Gasteiger partial charge in [0.05, 0.1) is 17.6 Å². The molecule has 4 heteroatoms. The van der Waals surface area contributed by atoms with E-state index >= 15 is 0 Å². The molecule has 0 saturated heterocycles. The fourth-order valence-electron chi connectivity index (χ4n) is 1.59.